The summed E-state index contributed by atoms with van der Waals surface area (Å²) in [5.74, 6) is 1.31. The van der Waals surface area contributed by atoms with E-state index in [9.17, 15) is 0 Å². The molecule has 0 fully saturated rings. The summed E-state index contributed by atoms with van der Waals surface area (Å²) < 4.78 is 13.1. The average Bonchev–Trinajstić information content (AvgIpc) is 3.02. The molecule has 0 unspecified atom stereocenters. The van der Waals surface area contributed by atoms with E-state index in [1.54, 1.807) is 31.3 Å². The number of benzene rings is 1. The van der Waals surface area contributed by atoms with Crippen molar-refractivity contribution in [2.75, 3.05) is 14.2 Å². The normalized spacial score (nSPS) is 11.2. The van der Waals surface area contributed by atoms with Crippen LogP contribution in [0.1, 0.15) is 5.69 Å². The van der Waals surface area contributed by atoms with Gasteiger partial charge in [0.2, 0.25) is 0 Å². The summed E-state index contributed by atoms with van der Waals surface area (Å²) in [6, 6.07) is 5.84. The highest BCUT2D eigenvalue weighted by molar-refractivity contribution is 6.08. The van der Waals surface area contributed by atoms with Crippen LogP contribution in [0.3, 0.4) is 0 Å². The van der Waals surface area contributed by atoms with Crippen LogP contribution in [0.4, 0.5) is 0 Å². The van der Waals surface area contributed by atoms with Gasteiger partial charge in [-0.15, -0.1) is 10.2 Å². The molecular formula is C18H17N5O2. The quantitative estimate of drug-likeness (QED) is 0.573. The lowest BCUT2D eigenvalue weighted by atomic mass is 9.99. The fourth-order valence-electron chi connectivity index (χ4n) is 3.13. The Balaban J connectivity index is 2.17. The first-order valence-corrected chi connectivity index (χ1v) is 7.80. The monoisotopic (exact) mass is 335 g/mol. The van der Waals surface area contributed by atoms with E-state index in [2.05, 4.69) is 20.3 Å². The van der Waals surface area contributed by atoms with Gasteiger partial charge in [-0.05, 0) is 19.1 Å². The number of hydrogen-bond donors (Lipinski definition) is 0. The summed E-state index contributed by atoms with van der Waals surface area (Å²) in [6.07, 6.45) is 3.54. The summed E-state index contributed by atoms with van der Waals surface area (Å²) in [7, 11) is 5.11. The fraction of sp³-hybridized carbons (Fsp3) is 0.222. The van der Waals surface area contributed by atoms with Crippen molar-refractivity contribution in [3.8, 4) is 22.6 Å². The molecule has 0 aliphatic rings. The Kier molecular flexibility index (Phi) is 3.49. The van der Waals surface area contributed by atoms with E-state index in [4.69, 9.17) is 9.47 Å². The van der Waals surface area contributed by atoms with E-state index in [-0.39, 0.29) is 0 Å². The number of fused-ring (bicyclic) bond motifs is 3. The van der Waals surface area contributed by atoms with Crippen molar-refractivity contribution in [3.63, 3.8) is 0 Å². The van der Waals surface area contributed by atoms with Crippen molar-refractivity contribution in [1.82, 2.24) is 25.0 Å². The highest BCUT2D eigenvalue weighted by Gasteiger charge is 2.22. The molecule has 0 amide bonds. The lowest BCUT2D eigenvalue weighted by Crippen LogP contribution is -2.00. The Morgan fingerprint density at radius 3 is 2.64 bits per heavy atom. The van der Waals surface area contributed by atoms with Crippen molar-refractivity contribution in [1.29, 1.82) is 0 Å². The van der Waals surface area contributed by atoms with Gasteiger partial charge in [0, 0.05) is 29.9 Å². The molecule has 0 saturated carbocycles. The Morgan fingerprint density at radius 2 is 1.92 bits per heavy atom. The van der Waals surface area contributed by atoms with Crippen LogP contribution in [-0.4, -0.2) is 39.2 Å². The van der Waals surface area contributed by atoms with Gasteiger partial charge in [0.1, 0.15) is 11.3 Å². The Labute approximate surface area is 144 Å². The smallest absolute Gasteiger partial charge is 0.180 e. The predicted octanol–water partition coefficient (Wildman–Crippen LogP) is 2.90. The predicted molar refractivity (Wildman–Crippen MR) is 94.9 cm³/mol. The van der Waals surface area contributed by atoms with E-state index in [0.717, 1.165) is 27.6 Å². The Bertz CT molecular complexity index is 1100. The molecule has 126 valence electrons. The molecule has 0 bridgehead atoms. The molecule has 0 aliphatic heterocycles. The van der Waals surface area contributed by atoms with Gasteiger partial charge in [-0.2, -0.15) is 5.10 Å². The zero-order valence-electron chi connectivity index (χ0n) is 14.4. The van der Waals surface area contributed by atoms with Gasteiger partial charge in [-0.3, -0.25) is 4.98 Å². The minimum atomic E-state index is 0.615. The SMILES string of the molecule is COc1cc2c(nnc3c2cnn3C)c(OC)c1-c1cccnc1C. The van der Waals surface area contributed by atoms with Crippen molar-refractivity contribution >= 4 is 21.9 Å². The van der Waals surface area contributed by atoms with Gasteiger partial charge in [0.05, 0.1) is 31.4 Å². The molecule has 0 radical (unpaired) electrons. The number of nitrogens with zero attached hydrogens (tertiary/aromatic N) is 5. The van der Waals surface area contributed by atoms with Crippen LogP contribution in [0.5, 0.6) is 11.5 Å². The molecule has 1 aromatic carbocycles. The highest BCUT2D eigenvalue weighted by Crippen LogP contribution is 2.44. The van der Waals surface area contributed by atoms with Crippen molar-refractivity contribution in [3.05, 3.63) is 36.3 Å². The van der Waals surface area contributed by atoms with Gasteiger partial charge in [-0.1, -0.05) is 6.07 Å². The van der Waals surface area contributed by atoms with Crippen LogP contribution >= 0.6 is 0 Å². The molecule has 25 heavy (non-hydrogen) atoms. The first-order chi connectivity index (χ1) is 12.2. The van der Waals surface area contributed by atoms with E-state index in [1.807, 2.05) is 32.2 Å². The third kappa shape index (κ3) is 2.20. The zero-order chi connectivity index (χ0) is 17.6. The van der Waals surface area contributed by atoms with Crippen LogP contribution in [0.25, 0.3) is 33.1 Å². The van der Waals surface area contributed by atoms with Crippen molar-refractivity contribution in [2.24, 2.45) is 7.05 Å². The second-order valence-corrected chi connectivity index (χ2v) is 5.73. The van der Waals surface area contributed by atoms with Crippen molar-refractivity contribution in [2.45, 2.75) is 6.92 Å². The number of methoxy groups -OCH3 is 2. The summed E-state index contributed by atoms with van der Waals surface area (Å²) in [5.41, 5.74) is 4.02. The molecule has 4 aromatic rings. The molecule has 0 N–H and O–H groups in total. The Morgan fingerprint density at radius 1 is 1.08 bits per heavy atom. The number of ether oxygens (including phenoxy) is 2. The number of aryl methyl sites for hydroxylation is 2. The fourth-order valence-corrected chi connectivity index (χ4v) is 3.13. The summed E-state index contributed by atoms with van der Waals surface area (Å²) >= 11 is 0. The first-order valence-electron chi connectivity index (χ1n) is 7.80. The highest BCUT2D eigenvalue weighted by atomic mass is 16.5. The lowest BCUT2D eigenvalue weighted by Gasteiger charge is -2.16. The molecular weight excluding hydrogens is 318 g/mol. The van der Waals surface area contributed by atoms with Crippen LogP contribution in [0.2, 0.25) is 0 Å². The van der Waals surface area contributed by atoms with E-state index < -0.39 is 0 Å². The molecule has 3 heterocycles. The molecule has 3 aromatic heterocycles. The number of aromatic nitrogens is 5. The lowest BCUT2D eigenvalue weighted by molar-refractivity contribution is 0.400. The third-order valence-corrected chi connectivity index (χ3v) is 4.36. The van der Waals surface area contributed by atoms with Crippen LogP contribution < -0.4 is 9.47 Å². The standard InChI is InChI=1S/C18H17N5O2/c1-10-11(6-5-7-19-10)15-14(24-3)8-12-13-9-20-23(2)18(13)22-21-16(12)17(15)25-4/h5-9H,1-4H3. The summed E-state index contributed by atoms with van der Waals surface area (Å²) in [5, 5.41) is 14.8. The number of pyridine rings is 1. The number of hydrogen-bond acceptors (Lipinski definition) is 6. The van der Waals surface area contributed by atoms with E-state index in [0.29, 0.717) is 22.7 Å². The average molecular weight is 335 g/mol. The molecule has 0 aliphatic carbocycles. The molecule has 7 nitrogen and oxygen atoms in total. The maximum atomic E-state index is 5.73. The number of rotatable bonds is 3. The van der Waals surface area contributed by atoms with Crippen LogP contribution in [0.15, 0.2) is 30.6 Å². The topological polar surface area (TPSA) is 75.0 Å². The van der Waals surface area contributed by atoms with Gasteiger partial charge in [-0.25, -0.2) is 4.68 Å². The largest absolute Gasteiger partial charge is 0.496 e. The van der Waals surface area contributed by atoms with Gasteiger partial charge in [0.15, 0.2) is 11.4 Å². The zero-order valence-corrected chi connectivity index (χ0v) is 14.4. The summed E-state index contributed by atoms with van der Waals surface area (Å²) in [6.45, 7) is 1.95. The van der Waals surface area contributed by atoms with Gasteiger partial charge < -0.3 is 9.47 Å². The van der Waals surface area contributed by atoms with Crippen molar-refractivity contribution < 1.29 is 9.47 Å². The second-order valence-electron chi connectivity index (χ2n) is 5.73. The van der Waals surface area contributed by atoms with Gasteiger partial charge in [0.25, 0.3) is 0 Å². The first kappa shape index (κ1) is 15.3. The molecule has 0 atom stereocenters. The van der Waals surface area contributed by atoms with Crippen LogP contribution in [0, 0.1) is 6.92 Å². The molecule has 4 rings (SSSR count). The van der Waals surface area contributed by atoms with E-state index >= 15 is 0 Å². The molecule has 0 spiro atoms. The van der Waals surface area contributed by atoms with Crippen LogP contribution in [-0.2, 0) is 7.05 Å². The Hall–Kier alpha value is -3.22. The maximum absolute atomic E-state index is 5.73. The minimum absolute atomic E-state index is 0.615. The van der Waals surface area contributed by atoms with Gasteiger partial charge >= 0.3 is 0 Å². The summed E-state index contributed by atoms with van der Waals surface area (Å²) in [4.78, 5) is 4.38. The third-order valence-electron chi connectivity index (χ3n) is 4.36. The maximum Gasteiger partial charge on any atom is 0.180 e. The molecule has 0 saturated heterocycles. The minimum Gasteiger partial charge on any atom is -0.496 e. The molecule has 7 heteroatoms. The second kappa shape index (κ2) is 5.70. The van der Waals surface area contributed by atoms with E-state index in [1.165, 1.54) is 0 Å².